The third-order valence-electron chi connectivity index (χ3n) is 4.70. The summed E-state index contributed by atoms with van der Waals surface area (Å²) in [4.78, 5) is 52.3. The van der Waals surface area contributed by atoms with Crippen LogP contribution in [0, 0.1) is 25.2 Å². The first-order valence-electron chi connectivity index (χ1n) is 11.3. The molecule has 4 amide bonds. The predicted molar refractivity (Wildman–Crippen MR) is 131 cm³/mol. The second-order valence-corrected chi connectivity index (χ2v) is 10.5. The molecule has 0 spiro atoms. The van der Waals surface area contributed by atoms with Crippen molar-refractivity contribution in [1.29, 1.82) is 5.26 Å². The van der Waals surface area contributed by atoms with Crippen molar-refractivity contribution >= 4 is 23.8 Å². The van der Waals surface area contributed by atoms with Crippen LogP contribution in [0.15, 0.2) is 18.2 Å². The van der Waals surface area contributed by atoms with Gasteiger partial charge in [-0.1, -0.05) is 23.8 Å². The summed E-state index contributed by atoms with van der Waals surface area (Å²) in [5.74, 6) is -2.17. The van der Waals surface area contributed by atoms with Crippen LogP contribution in [0.2, 0.25) is 0 Å². The number of rotatable bonds is 8. The largest absolute Gasteiger partial charge is 0.444 e. The number of alkyl carbamates (subject to hydrolysis) is 1. The average Bonchev–Trinajstić information content (AvgIpc) is 2.64. The maximum absolute atomic E-state index is 13.6. The molecule has 4 N–H and O–H groups in total. The second kappa shape index (κ2) is 11.7. The molecular formula is C25H37N5O5. The zero-order valence-electron chi connectivity index (χ0n) is 21.8. The molecule has 10 heteroatoms. The maximum atomic E-state index is 13.6. The van der Waals surface area contributed by atoms with E-state index >= 15 is 0 Å². The van der Waals surface area contributed by atoms with Crippen LogP contribution in [0.4, 0.5) is 4.79 Å². The predicted octanol–water partition coefficient (Wildman–Crippen LogP) is 2.38. The van der Waals surface area contributed by atoms with Crippen LogP contribution in [0.3, 0.4) is 0 Å². The lowest BCUT2D eigenvalue weighted by molar-refractivity contribution is -0.143. The average molecular weight is 488 g/mol. The van der Waals surface area contributed by atoms with Gasteiger partial charge in [0, 0.05) is 5.54 Å². The van der Waals surface area contributed by atoms with Crippen molar-refractivity contribution in [3.05, 3.63) is 34.9 Å². The number of carbonyl (C=O) groups is 4. The number of nitrogens with zero attached hydrogens (tertiary/aromatic N) is 2. The van der Waals surface area contributed by atoms with E-state index < -0.39 is 60.0 Å². The zero-order chi connectivity index (χ0) is 27.1. The van der Waals surface area contributed by atoms with Gasteiger partial charge in [0.1, 0.15) is 24.2 Å². The molecule has 35 heavy (non-hydrogen) atoms. The standard InChI is InChI=1S/C25H37N5O5/c1-15-9-10-17(16(2)13-15)20(21(32)29-24(3,4)5)30(12-11-26)22(33)18(14-19(27)31)28-23(34)35-25(6,7)8/h9-10,13,18,20H,12,14H2,1-8H3,(H2,27,31)(H,28,34)(H,29,32). The van der Waals surface area contributed by atoms with Gasteiger partial charge in [-0.2, -0.15) is 5.26 Å². The molecule has 2 atom stereocenters. The first-order chi connectivity index (χ1) is 15.9. The molecule has 0 aromatic heterocycles. The number of ether oxygens (including phenoxy) is 1. The molecule has 192 valence electrons. The summed E-state index contributed by atoms with van der Waals surface area (Å²) in [5, 5.41) is 14.8. The van der Waals surface area contributed by atoms with Crippen molar-refractivity contribution in [3.8, 4) is 6.07 Å². The monoisotopic (exact) mass is 487 g/mol. The van der Waals surface area contributed by atoms with E-state index in [1.54, 1.807) is 60.6 Å². The van der Waals surface area contributed by atoms with Crippen LogP contribution in [0.25, 0.3) is 0 Å². The highest BCUT2D eigenvalue weighted by molar-refractivity contribution is 5.95. The van der Waals surface area contributed by atoms with Gasteiger partial charge in [-0.25, -0.2) is 4.79 Å². The molecule has 0 aliphatic rings. The molecule has 0 aliphatic carbocycles. The minimum Gasteiger partial charge on any atom is -0.444 e. The fourth-order valence-corrected chi connectivity index (χ4v) is 3.44. The summed E-state index contributed by atoms with van der Waals surface area (Å²) >= 11 is 0. The highest BCUT2D eigenvalue weighted by Crippen LogP contribution is 2.27. The van der Waals surface area contributed by atoms with Crippen LogP contribution in [-0.4, -0.2) is 52.4 Å². The van der Waals surface area contributed by atoms with Gasteiger partial charge >= 0.3 is 6.09 Å². The van der Waals surface area contributed by atoms with E-state index in [0.29, 0.717) is 5.56 Å². The van der Waals surface area contributed by atoms with Gasteiger partial charge in [-0.15, -0.1) is 0 Å². The number of benzene rings is 1. The Morgan fingerprint density at radius 2 is 1.71 bits per heavy atom. The second-order valence-electron chi connectivity index (χ2n) is 10.5. The van der Waals surface area contributed by atoms with Gasteiger partial charge in [-0.3, -0.25) is 14.4 Å². The summed E-state index contributed by atoms with van der Waals surface area (Å²) in [6.07, 6.45) is -1.48. The van der Waals surface area contributed by atoms with Crippen LogP contribution in [-0.2, 0) is 19.1 Å². The first-order valence-corrected chi connectivity index (χ1v) is 11.3. The van der Waals surface area contributed by atoms with Gasteiger partial charge < -0.3 is 26.0 Å². The van der Waals surface area contributed by atoms with Crippen molar-refractivity contribution in [2.45, 2.75) is 85.0 Å². The van der Waals surface area contributed by atoms with Crippen LogP contribution >= 0.6 is 0 Å². The lowest BCUT2D eigenvalue weighted by Crippen LogP contribution is -2.55. The number of nitriles is 1. The maximum Gasteiger partial charge on any atom is 0.408 e. The minimum atomic E-state index is -1.44. The quantitative estimate of drug-likeness (QED) is 0.478. The van der Waals surface area contributed by atoms with Crippen molar-refractivity contribution in [3.63, 3.8) is 0 Å². The topological polar surface area (TPSA) is 155 Å². The van der Waals surface area contributed by atoms with Crippen LogP contribution < -0.4 is 16.4 Å². The van der Waals surface area contributed by atoms with Crippen molar-refractivity contribution in [2.24, 2.45) is 5.73 Å². The Morgan fingerprint density at radius 3 is 2.17 bits per heavy atom. The normalized spacial score (nSPS) is 13.1. The minimum absolute atomic E-state index is 0.473. The molecule has 0 saturated heterocycles. The molecule has 1 rings (SSSR count). The highest BCUT2D eigenvalue weighted by atomic mass is 16.6. The summed E-state index contributed by atoms with van der Waals surface area (Å²) in [6, 6.07) is 4.66. The molecule has 1 aromatic carbocycles. The molecule has 0 aliphatic heterocycles. The third-order valence-corrected chi connectivity index (χ3v) is 4.70. The number of amides is 4. The van der Waals surface area contributed by atoms with E-state index in [0.717, 1.165) is 16.0 Å². The fraction of sp³-hybridized carbons (Fsp3) is 0.560. The lowest BCUT2D eigenvalue weighted by atomic mass is 9.95. The summed E-state index contributed by atoms with van der Waals surface area (Å²) in [7, 11) is 0. The molecular weight excluding hydrogens is 450 g/mol. The summed E-state index contributed by atoms with van der Waals surface area (Å²) < 4.78 is 5.21. The Morgan fingerprint density at radius 1 is 1.11 bits per heavy atom. The lowest BCUT2D eigenvalue weighted by Gasteiger charge is -2.35. The number of hydrogen-bond donors (Lipinski definition) is 3. The fourth-order valence-electron chi connectivity index (χ4n) is 3.44. The molecule has 0 radical (unpaired) electrons. The Hall–Kier alpha value is -3.61. The molecule has 10 nitrogen and oxygen atoms in total. The highest BCUT2D eigenvalue weighted by Gasteiger charge is 2.38. The van der Waals surface area contributed by atoms with Gasteiger partial charge in [0.2, 0.25) is 17.7 Å². The van der Waals surface area contributed by atoms with Gasteiger partial charge in [0.15, 0.2) is 0 Å². The molecule has 2 unspecified atom stereocenters. The number of hydrogen-bond acceptors (Lipinski definition) is 6. The van der Waals surface area contributed by atoms with Gasteiger partial charge in [-0.05, 0) is 66.5 Å². The molecule has 0 bridgehead atoms. The summed E-state index contributed by atoms with van der Waals surface area (Å²) in [6.45, 7) is 13.5. The zero-order valence-corrected chi connectivity index (χ0v) is 21.8. The van der Waals surface area contributed by atoms with E-state index in [4.69, 9.17) is 10.5 Å². The number of nitrogens with two attached hydrogens (primary N) is 1. The number of aryl methyl sites for hydroxylation is 2. The van der Waals surface area contributed by atoms with E-state index in [-0.39, 0.29) is 0 Å². The SMILES string of the molecule is Cc1ccc(C(C(=O)NC(C)(C)C)N(CC#N)C(=O)C(CC(N)=O)NC(=O)OC(C)(C)C)c(C)c1. The Kier molecular flexibility index (Phi) is 9.83. The van der Waals surface area contributed by atoms with E-state index in [9.17, 15) is 24.4 Å². The van der Waals surface area contributed by atoms with Crippen molar-refractivity contribution in [1.82, 2.24) is 15.5 Å². The first kappa shape index (κ1) is 29.4. The third kappa shape index (κ3) is 9.65. The van der Waals surface area contributed by atoms with Crippen molar-refractivity contribution < 1.29 is 23.9 Å². The number of primary amides is 1. The van der Waals surface area contributed by atoms with Gasteiger partial charge in [0.05, 0.1) is 12.5 Å². The van der Waals surface area contributed by atoms with E-state index in [2.05, 4.69) is 10.6 Å². The Bertz CT molecular complexity index is 1000. The Balaban J connectivity index is 3.56. The number of nitrogens with one attached hydrogen (secondary N) is 2. The van der Waals surface area contributed by atoms with Crippen molar-refractivity contribution in [2.75, 3.05) is 6.54 Å². The number of carbonyl (C=O) groups excluding carboxylic acids is 4. The molecule has 0 fully saturated rings. The van der Waals surface area contributed by atoms with Gasteiger partial charge in [0.25, 0.3) is 0 Å². The van der Waals surface area contributed by atoms with Crippen LogP contribution in [0.5, 0.6) is 0 Å². The van der Waals surface area contributed by atoms with E-state index in [1.165, 1.54) is 0 Å². The molecule has 0 heterocycles. The summed E-state index contributed by atoms with van der Waals surface area (Å²) in [5.41, 5.74) is 6.05. The Labute approximate surface area is 207 Å². The van der Waals surface area contributed by atoms with Crippen LogP contribution in [0.1, 0.15) is 70.7 Å². The van der Waals surface area contributed by atoms with E-state index in [1.807, 2.05) is 19.1 Å². The molecule has 1 aromatic rings. The molecule has 0 saturated carbocycles. The smallest absolute Gasteiger partial charge is 0.408 e.